The van der Waals surface area contributed by atoms with Crippen LogP contribution in [0.5, 0.6) is 0 Å². The van der Waals surface area contributed by atoms with Crippen LogP contribution < -0.4 is 0 Å². The van der Waals surface area contributed by atoms with Crippen LogP contribution in [0.4, 0.5) is 0 Å². The topological polar surface area (TPSA) is 32.6 Å². The van der Waals surface area contributed by atoms with E-state index in [1.807, 2.05) is 25.1 Å². The first-order valence-corrected chi connectivity index (χ1v) is 3.96. The quantitative estimate of drug-likeness (QED) is 0.435. The molecule has 2 nitrogen and oxygen atoms in total. The van der Waals surface area contributed by atoms with Crippen LogP contribution in [0.15, 0.2) is 27.8 Å². The number of hydrogen-bond acceptors (Lipinski definition) is 2. The Hall–Kier alpha value is -0.830. The Morgan fingerprint density at radius 1 is 1.45 bits per heavy atom. The lowest BCUT2D eigenvalue weighted by Crippen LogP contribution is -1.82. The van der Waals surface area contributed by atoms with Gasteiger partial charge >= 0.3 is 0 Å². The molecular formula is C8H8BrNO. The summed E-state index contributed by atoms with van der Waals surface area (Å²) in [4.78, 5) is 0. The van der Waals surface area contributed by atoms with Crippen molar-refractivity contribution in [1.82, 2.24) is 0 Å². The molecule has 3 heteroatoms. The van der Waals surface area contributed by atoms with Crippen molar-refractivity contribution in [3.8, 4) is 0 Å². The first kappa shape index (κ1) is 8.27. The van der Waals surface area contributed by atoms with Crippen molar-refractivity contribution in [2.75, 3.05) is 0 Å². The van der Waals surface area contributed by atoms with Crippen molar-refractivity contribution < 1.29 is 5.21 Å². The van der Waals surface area contributed by atoms with E-state index in [0.29, 0.717) is 0 Å². The molecule has 0 fully saturated rings. The summed E-state index contributed by atoms with van der Waals surface area (Å²) in [5.74, 6) is 0. The van der Waals surface area contributed by atoms with E-state index in [1.165, 1.54) is 6.21 Å². The first-order chi connectivity index (χ1) is 5.22. The largest absolute Gasteiger partial charge is 0.411 e. The molecule has 11 heavy (non-hydrogen) atoms. The number of benzene rings is 1. The van der Waals surface area contributed by atoms with Gasteiger partial charge in [0.1, 0.15) is 0 Å². The molecule has 0 heterocycles. The zero-order valence-corrected chi connectivity index (χ0v) is 7.67. The van der Waals surface area contributed by atoms with Gasteiger partial charge in [-0.3, -0.25) is 0 Å². The molecule has 1 aromatic rings. The van der Waals surface area contributed by atoms with E-state index in [1.54, 1.807) is 0 Å². The maximum absolute atomic E-state index is 8.26. The maximum Gasteiger partial charge on any atom is 0.0734 e. The van der Waals surface area contributed by atoms with E-state index < -0.39 is 0 Å². The van der Waals surface area contributed by atoms with Gasteiger partial charge in [0.25, 0.3) is 0 Å². The third kappa shape index (κ3) is 2.35. The highest BCUT2D eigenvalue weighted by molar-refractivity contribution is 9.10. The highest BCUT2D eigenvalue weighted by Gasteiger charge is 1.92. The molecule has 0 radical (unpaired) electrons. The first-order valence-electron chi connectivity index (χ1n) is 3.17. The van der Waals surface area contributed by atoms with E-state index in [4.69, 9.17) is 5.21 Å². The zero-order chi connectivity index (χ0) is 8.27. The number of hydrogen-bond donors (Lipinski definition) is 1. The van der Waals surface area contributed by atoms with Crippen molar-refractivity contribution in [1.29, 1.82) is 0 Å². The van der Waals surface area contributed by atoms with E-state index >= 15 is 0 Å². The number of rotatable bonds is 1. The van der Waals surface area contributed by atoms with Gasteiger partial charge in [-0.05, 0) is 30.2 Å². The molecule has 0 amide bonds. The summed E-state index contributed by atoms with van der Waals surface area (Å²) < 4.78 is 0.993. The third-order valence-electron chi connectivity index (χ3n) is 1.27. The summed E-state index contributed by atoms with van der Waals surface area (Å²) >= 11 is 3.34. The molecule has 0 atom stereocenters. The number of aryl methyl sites for hydroxylation is 1. The molecule has 1 aromatic carbocycles. The molecule has 0 saturated carbocycles. The second-order valence-corrected chi connectivity index (χ2v) is 3.22. The summed E-state index contributed by atoms with van der Waals surface area (Å²) in [6.45, 7) is 1.99. The lowest BCUT2D eigenvalue weighted by Gasteiger charge is -1.96. The summed E-state index contributed by atoms with van der Waals surface area (Å²) in [7, 11) is 0. The van der Waals surface area contributed by atoms with Crippen LogP contribution in [0.3, 0.4) is 0 Å². The average Bonchev–Trinajstić information content (AvgIpc) is 1.85. The third-order valence-corrected chi connectivity index (χ3v) is 1.73. The lowest BCUT2D eigenvalue weighted by atomic mass is 10.2. The van der Waals surface area contributed by atoms with Crippen molar-refractivity contribution in [2.24, 2.45) is 5.16 Å². The summed E-state index contributed by atoms with van der Waals surface area (Å²) in [6, 6.07) is 5.81. The summed E-state index contributed by atoms with van der Waals surface area (Å²) in [5.41, 5.74) is 2.02. The Morgan fingerprint density at radius 3 is 2.73 bits per heavy atom. The average molecular weight is 214 g/mol. The normalized spacial score (nSPS) is 10.7. The van der Waals surface area contributed by atoms with Crippen LogP contribution in [0.2, 0.25) is 0 Å². The fourth-order valence-corrected chi connectivity index (χ4v) is 1.53. The Bertz CT molecular complexity index is 263. The van der Waals surface area contributed by atoms with E-state index in [9.17, 15) is 0 Å². The molecule has 0 aliphatic rings. The van der Waals surface area contributed by atoms with Crippen molar-refractivity contribution in [3.05, 3.63) is 33.8 Å². The van der Waals surface area contributed by atoms with Gasteiger partial charge in [-0.2, -0.15) is 0 Å². The molecule has 1 N–H and O–H groups in total. The Labute approximate surface area is 73.7 Å². The summed E-state index contributed by atoms with van der Waals surface area (Å²) in [6.07, 6.45) is 1.40. The van der Waals surface area contributed by atoms with Crippen molar-refractivity contribution in [2.45, 2.75) is 6.92 Å². The second kappa shape index (κ2) is 3.53. The number of nitrogens with zero attached hydrogens (tertiary/aromatic N) is 1. The maximum atomic E-state index is 8.26. The lowest BCUT2D eigenvalue weighted by molar-refractivity contribution is 0.322. The number of oxime groups is 1. The van der Waals surface area contributed by atoms with Crippen LogP contribution in [-0.4, -0.2) is 11.4 Å². The van der Waals surface area contributed by atoms with E-state index in [-0.39, 0.29) is 0 Å². The van der Waals surface area contributed by atoms with Gasteiger partial charge in [-0.25, -0.2) is 0 Å². The Morgan fingerprint density at radius 2 is 2.18 bits per heavy atom. The minimum atomic E-state index is 0.888. The minimum absolute atomic E-state index is 0.888. The molecule has 1 rings (SSSR count). The standard InChI is InChI=1S/C8H8BrNO/c1-6-2-7(5-10-11)4-8(9)3-6/h2-5,11H,1H3. The van der Waals surface area contributed by atoms with E-state index in [0.717, 1.165) is 15.6 Å². The van der Waals surface area contributed by atoms with Crippen LogP contribution in [-0.2, 0) is 0 Å². The van der Waals surface area contributed by atoms with Crippen LogP contribution in [0.25, 0.3) is 0 Å². The fraction of sp³-hybridized carbons (Fsp3) is 0.125. The van der Waals surface area contributed by atoms with Gasteiger partial charge in [0.15, 0.2) is 0 Å². The van der Waals surface area contributed by atoms with Gasteiger partial charge in [-0.15, -0.1) is 0 Å². The predicted octanol–water partition coefficient (Wildman–Crippen LogP) is 2.57. The Kier molecular flexibility index (Phi) is 2.65. The van der Waals surface area contributed by atoms with Gasteiger partial charge < -0.3 is 5.21 Å². The molecule has 0 aliphatic carbocycles. The van der Waals surface area contributed by atoms with Crippen molar-refractivity contribution >= 4 is 22.1 Å². The molecule has 58 valence electrons. The van der Waals surface area contributed by atoms with Gasteiger partial charge in [0, 0.05) is 4.47 Å². The number of halogens is 1. The summed E-state index contributed by atoms with van der Waals surface area (Å²) in [5, 5.41) is 11.2. The monoisotopic (exact) mass is 213 g/mol. The second-order valence-electron chi connectivity index (χ2n) is 2.31. The molecule has 0 saturated heterocycles. The molecule has 0 aromatic heterocycles. The smallest absolute Gasteiger partial charge is 0.0734 e. The van der Waals surface area contributed by atoms with Gasteiger partial charge in [-0.1, -0.05) is 27.2 Å². The molecule has 0 bridgehead atoms. The zero-order valence-electron chi connectivity index (χ0n) is 6.08. The predicted molar refractivity (Wildman–Crippen MR) is 48.3 cm³/mol. The van der Waals surface area contributed by atoms with Crippen molar-refractivity contribution in [3.63, 3.8) is 0 Å². The Balaban J connectivity index is 3.08. The molecule has 0 spiro atoms. The van der Waals surface area contributed by atoms with Crippen LogP contribution in [0, 0.1) is 6.92 Å². The van der Waals surface area contributed by atoms with Gasteiger partial charge in [0.2, 0.25) is 0 Å². The van der Waals surface area contributed by atoms with Crippen LogP contribution >= 0.6 is 15.9 Å². The van der Waals surface area contributed by atoms with E-state index in [2.05, 4.69) is 21.1 Å². The van der Waals surface area contributed by atoms with Crippen LogP contribution in [0.1, 0.15) is 11.1 Å². The highest BCUT2D eigenvalue weighted by atomic mass is 79.9. The minimum Gasteiger partial charge on any atom is -0.411 e. The molecule has 0 aliphatic heterocycles. The SMILES string of the molecule is Cc1cc(Br)cc(C=NO)c1. The molecular weight excluding hydrogens is 206 g/mol. The highest BCUT2D eigenvalue weighted by Crippen LogP contribution is 2.13. The fourth-order valence-electron chi connectivity index (χ4n) is 0.906. The van der Waals surface area contributed by atoms with Gasteiger partial charge in [0.05, 0.1) is 6.21 Å². The molecule has 0 unspecified atom stereocenters.